The standard InChI is InChI=1S/C13H22BNO5S/c16-10-8-15-9-11-20-14(17)7-4-12-21(18,19)13-5-2-1-3-6-13/h1-3,5-6,15-17H,4,7-12H2. The minimum Gasteiger partial charge on any atom is -0.427 e. The zero-order valence-corrected chi connectivity index (χ0v) is 12.8. The molecule has 1 aromatic rings. The first-order valence-corrected chi connectivity index (χ1v) is 8.60. The van der Waals surface area contributed by atoms with Gasteiger partial charge >= 0.3 is 7.12 Å². The van der Waals surface area contributed by atoms with E-state index in [1.807, 2.05) is 0 Å². The topological polar surface area (TPSA) is 95.9 Å². The largest absolute Gasteiger partial charge is 0.454 e. The third kappa shape index (κ3) is 7.59. The first kappa shape index (κ1) is 18.1. The zero-order chi connectivity index (χ0) is 15.6. The van der Waals surface area contributed by atoms with Crippen LogP contribution in [0.1, 0.15) is 6.42 Å². The van der Waals surface area contributed by atoms with Crippen molar-refractivity contribution < 1.29 is 23.2 Å². The molecule has 0 aliphatic rings. The van der Waals surface area contributed by atoms with Gasteiger partial charge < -0.3 is 20.1 Å². The Bertz CT molecular complexity index is 483. The predicted molar refractivity (Wildman–Crippen MR) is 81.8 cm³/mol. The second-order valence-corrected chi connectivity index (χ2v) is 6.68. The Morgan fingerprint density at radius 1 is 1.19 bits per heavy atom. The molecule has 0 atom stereocenters. The Morgan fingerprint density at radius 2 is 1.90 bits per heavy atom. The van der Waals surface area contributed by atoms with Gasteiger partial charge in [-0.1, -0.05) is 18.2 Å². The summed E-state index contributed by atoms with van der Waals surface area (Å²) in [5, 5.41) is 21.0. The molecule has 0 radical (unpaired) electrons. The van der Waals surface area contributed by atoms with E-state index in [0.29, 0.717) is 31.0 Å². The second kappa shape index (κ2) is 9.91. The summed E-state index contributed by atoms with van der Waals surface area (Å²) in [5.41, 5.74) is 0. The molecule has 0 saturated heterocycles. The van der Waals surface area contributed by atoms with Crippen LogP contribution in [0.2, 0.25) is 6.32 Å². The number of aliphatic hydroxyl groups is 1. The van der Waals surface area contributed by atoms with Gasteiger partial charge in [0, 0.05) is 19.7 Å². The monoisotopic (exact) mass is 315 g/mol. The molecule has 6 nitrogen and oxygen atoms in total. The van der Waals surface area contributed by atoms with E-state index in [4.69, 9.17) is 9.76 Å². The van der Waals surface area contributed by atoms with Crippen LogP contribution in [0.5, 0.6) is 0 Å². The molecule has 21 heavy (non-hydrogen) atoms. The number of hydrogen-bond donors (Lipinski definition) is 3. The van der Waals surface area contributed by atoms with Gasteiger partial charge in [-0.3, -0.25) is 0 Å². The highest BCUT2D eigenvalue weighted by molar-refractivity contribution is 7.91. The zero-order valence-electron chi connectivity index (χ0n) is 11.9. The van der Waals surface area contributed by atoms with Crippen molar-refractivity contribution in [1.29, 1.82) is 0 Å². The maximum atomic E-state index is 12.0. The van der Waals surface area contributed by atoms with Crippen molar-refractivity contribution >= 4 is 17.0 Å². The molecule has 8 heteroatoms. The molecule has 0 aliphatic heterocycles. The summed E-state index contributed by atoms with van der Waals surface area (Å²) in [6, 6.07) is 8.26. The number of aliphatic hydroxyl groups excluding tert-OH is 1. The fourth-order valence-corrected chi connectivity index (χ4v) is 3.10. The van der Waals surface area contributed by atoms with E-state index in [9.17, 15) is 13.4 Å². The highest BCUT2D eigenvalue weighted by atomic mass is 32.2. The lowest BCUT2D eigenvalue weighted by atomic mass is 9.84. The molecular weight excluding hydrogens is 293 g/mol. The maximum Gasteiger partial charge on any atom is 0.454 e. The van der Waals surface area contributed by atoms with Gasteiger partial charge in [0.2, 0.25) is 0 Å². The Kier molecular flexibility index (Phi) is 8.55. The van der Waals surface area contributed by atoms with Crippen molar-refractivity contribution in [3.05, 3.63) is 30.3 Å². The summed E-state index contributed by atoms with van der Waals surface area (Å²) in [7, 11) is -4.26. The first-order chi connectivity index (χ1) is 10.1. The third-order valence-electron chi connectivity index (χ3n) is 2.84. The molecule has 0 heterocycles. The molecule has 3 N–H and O–H groups in total. The Labute approximate surface area is 126 Å². The van der Waals surface area contributed by atoms with E-state index in [1.54, 1.807) is 30.3 Å². The number of sulfone groups is 1. The van der Waals surface area contributed by atoms with Gasteiger partial charge in [-0.05, 0) is 24.9 Å². The predicted octanol–water partition coefficient (Wildman–Crippen LogP) is -0.0706. The Balaban J connectivity index is 2.21. The second-order valence-electron chi connectivity index (χ2n) is 4.57. The number of benzene rings is 1. The van der Waals surface area contributed by atoms with E-state index >= 15 is 0 Å². The van der Waals surface area contributed by atoms with Gasteiger partial charge in [-0.15, -0.1) is 0 Å². The quantitative estimate of drug-likeness (QED) is 0.391. The lowest BCUT2D eigenvalue weighted by Gasteiger charge is -2.09. The molecule has 0 amide bonds. The smallest absolute Gasteiger partial charge is 0.427 e. The molecule has 0 aromatic heterocycles. The summed E-state index contributed by atoms with van der Waals surface area (Å²) < 4.78 is 29.1. The minimum atomic E-state index is -3.30. The summed E-state index contributed by atoms with van der Waals surface area (Å²) in [6.45, 7) is 1.38. The highest BCUT2D eigenvalue weighted by Crippen LogP contribution is 2.12. The summed E-state index contributed by atoms with van der Waals surface area (Å²) in [6.07, 6.45) is 0.606. The molecule has 0 aliphatic carbocycles. The lowest BCUT2D eigenvalue weighted by Crippen LogP contribution is -2.27. The van der Waals surface area contributed by atoms with E-state index < -0.39 is 17.0 Å². The molecule has 0 unspecified atom stereocenters. The van der Waals surface area contributed by atoms with Crippen molar-refractivity contribution in [2.24, 2.45) is 0 Å². The van der Waals surface area contributed by atoms with Crippen molar-refractivity contribution in [3.63, 3.8) is 0 Å². The number of nitrogens with one attached hydrogen (secondary N) is 1. The molecule has 0 fully saturated rings. The molecule has 1 aromatic carbocycles. The Morgan fingerprint density at radius 3 is 2.57 bits per heavy atom. The average Bonchev–Trinajstić information content (AvgIpc) is 2.48. The molecule has 118 valence electrons. The van der Waals surface area contributed by atoms with Crippen molar-refractivity contribution in [3.8, 4) is 0 Å². The third-order valence-corrected chi connectivity index (χ3v) is 4.66. The maximum absolute atomic E-state index is 12.0. The summed E-state index contributed by atoms with van der Waals surface area (Å²) in [4.78, 5) is 0.300. The van der Waals surface area contributed by atoms with Crippen LogP contribution in [0, 0.1) is 0 Å². The highest BCUT2D eigenvalue weighted by Gasteiger charge is 2.17. The molecule has 0 bridgehead atoms. The Hall–Kier alpha value is -0.925. The lowest BCUT2D eigenvalue weighted by molar-refractivity contribution is 0.247. The van der Waals surface area contributed by atoms with E-state index in [1.165, 1.54) is 0 Å². The number of rotatable bonds is 11. The number of hydrogen-bond acceptors (Lipinski definition) is 6. The fraction of sp³-hybridized carbons (Fsp3) is 0.538. The van der Waals surface area contributed by atoms with Crippen LogP contribution in [0.25, 0.3) is 0 Å². The van der Waals surface area contributed by atoms with Crippen molar-refractivity contribution in [2.75, 3.05) is 32.1 Å². The minimum absolute atomic E-state index is 0.0137. The van der Waals surface area contributed by atoms with Crippen LogP contribution in [0.4, 0.5) is 0 Å². The van der Waals surface area contributed by atoms with E-state index in [0.717, 1.165) is 0 Å². The van der Waals surface area contributed by atoms with Crippen LogP contribution >= 0.6 is 0 Å². The van der Waals surface area contributed by atoms with Gasteiger partial charge in [-0.25, -0.2) is 8.42 Å². The van der Waals surface area contributed by atoms with Crippen LogP contribution in [0.3, 0.4) is 0 Å². The average molecular weight is 315 g/mol. The first-order valence-electron chi connectivity index (χ1n) is 6.95. The van der Waals surface area contributed by atoms with Crippen LogP contribution in [-0.4, -0.2) is 57.7 Å². The normalized spacial score (nSPS) is 11.5. The van der Waals surface area contributed by atoms with Crippen molar-refractivity contribution in [2.45, 2.75) is 17.6 Å². The molecule has 0 spiro atoms. The van der Waals surface area contributed by atoms with Crippen LogP contribution < -0.4 is 5.32 Å². The SMILES string of the molecule is O=S(=O)(CCCB(O)OCCNCCO)c1ccccc1. The van der Waals surface area contributed by atoms with E-state index in [2.05, 4.69) is 5.32 Å². The molecule has 1 rings (SSSR count). The summed E-state index contributed by atoms with van der Waals surface area (Å²) >= 11 is 0. The molecule has 0 saturated carbocycles. The summed E-state index contributed by atoms with van der Waals surface area (Å²) in [5.74, 6) is -0.0137. The van der Waals surface area contributed by atoms with Crippen LogP contribution in [0.15, 0.2) is 35.2 Å². The van der Waals surface area contributed by atoms with Gasteiger partial charge in [0.05, 0.1) is 17.3 Å². The fourth-order valence-electron chi connectivity index (χ4n) is 1.75. The van der Waals surface area contributed by atoms with Gasteiger partial charge in [0.25, 0.3) is 0 Å². The van der Waals surface area contributed by atoms with Gasteiger partial charge in [0.1, 0.15) is 0 Å². The molecular formula is C13H22BNO5S. The van der Waals surface area contributed by atoms with Crippen molar-refractivity contribution in [1.82, 2.24) is 5.32 Å². The van der Waals surface area contributed by atoms with Gasteiger partial charge in [-0.2, -0.15) is 0 Å². The van der Waals surface area contributed by atoms with Crippen LogP contribution in [-0.2, 0) is 14.5 Å². The van der Waals surface area contributed by atoms with Gasteiger partial charge in [0.15, 0.2) is 9.84 Å². The van der Waals surface area contributed by atoms with E-state index in [-0.39, 0.29) is 18.7 Å².